The number of hydrogen-bond donors (Lipinski definition) is 1. The van der Waals surface area contributed by atoms with Crippen molar-refractivity contribution in [3.63, 3.8) is 0 Å². The number of esters is 1. The third kappa shape index (κ3) is 5.53. The Balaban J connectivity index is 1.86. The van der Waals surface area contributed by atoms with E-state index in [1.165, 1.54) is 19.1 Å². The van der Waals surface area contributed by atoms with Gasteiger partial charge in [-0.05, 0) is 18.6 Å². The molecule has 132 valence electrons. The zero-order valence-corrected chi connectivity index (χ0v) is 14.3. The van der Waals surface area contributed by atoms with E-state index in [0.717, 1.165) is 11.1 Å². The first-order chi connectivity index (χ1) is 12.5. The number of hydrogen-bond acceptors (Lipinski definition) is 6. The smallest absolute Gasteiger partial charge is 0.331 e. The maximum absolute atomic E-state index is 11.7. The molecule has 0 bridgehead atoms. The van der Waals surface area contributed by atoms with Crippen LogP contribution in [0.25, 0.3) is 6.08 Å². The zero-order chi connectivity index (χ0) is 18.9. The lowest BCUT2D eigenvalue weighted by atomic mass is 10.0. The first-order valence-corrected chi connectivity index (χ1v) is 7.88. The van der Waals surface area contributed by atoms with Crippen molar-refractivity contribution in [1.29, 1.82) is 10.7 Å². The predicted octanol–water partition coefficient (Wildman–Crippen LogP) is 2.24. The molecule has 1 N–H and O–H groups in total. The van der Waals surface area contributed by atoms with E-state index in [1.54, 1.807) is 23.1 Å². The highest BCUT2D eigenvalue weighted by Gasteiger charge is 2.20. The largest absolute Gasteiger partial charge is 0.454 e. The zero-order valence-electron chi connectivity index (χ0n) is 14.3. The van der Waals surface area contributed by atoms with Gasteiger partial charge in [0.1, 0.15) is 5.92 Å². The summed E-state index contributed by atoms with van der Waals surface area (Å²) in [5.41, 5.74) is 1.75. The Bertz CT molecular complexity index is 862. The Morgan fingerprint density at radius 2 is 2.12 bits per heavy atom. The number of nitrogens with zero attached hydrogens (tertiary/aromatic N) is 3. The average molecular weight is 350 g/mol. The molecule has 0 aliphatic carbocycles. The van der Waals surface area contributed by atoms with Crippen LogP contribution in [-0.4, -0.2) is 33.9 Å². The standard InChI is InChI=1S/C19H18N4O3/c1-14(21)17(9-20)18(24)13-26-19(25)8-7-16-10-22-23(12-16)11-15-5-3-2-4-6-15/h2-8,10,12,17,21H,11,13H2,1H3/b8-7+,21-14?. The summed E-state index contributed by atoms with van der Waals surface area (Å²) in [4.78, 5) is 23.4. The van der Waals surface area contributed by atoms with Crippen LogP contribution < -0.4 is 0 Å². The van der Waals surface area contributed by atoms with Gasteiger partial charge in [0.15, 0.2) is 12.4 Å². The summed E-state index contributed by atoms with van der Waals surface area (Å²) < 4.78 is 6.55. The first-order valence-electron chi connectivity index (χ1n) is 7.88. The van der Waals surface area contributed by atoms with E-state index in [1.807, 2.05) is 30.3 Å². The van der Waals surface area contributed by atoms with Gasteiger partial charge in [-0.2, -0.15) is 10.4 Å². The minimum Gasteiger partial charge on any atom is -0.454 e. The molecule has 1 atom stereocenters. The molecule has 0 aliphatic heterocycles. The van der Waals surface area contributed by atoms with E-state index in [9.17, 15) is 9.59 Å². The van der Waals surface area contributed by atoms with Crippen molar-refractivity contribution in [2.75, 3.05) is 6.61 Å². The highest BCUT2D eigenvalue weighted by molar-refractivity contribution is 6.06. The second-order valence-corrected chi connectivity index (χ2v) is 5.61. The van der Waals surface area contributed by atoms with E-state index >= 15 is 0 Å². The highest BCUT2D eigenvalue weighted by atomic mass is 16.5. The van der Waals surface area contributed by atoms with Crippen LogP contribution >= 0.6 is 0 Å². The van der Waals surface area contributed by atoms with Crippen molar-refractivity contribution < 1.29 is 14.3 Å². The SMILES string of the molecule is CC(=N)C(C#N)C(=O)COC(=O)/C=C/c1cnn(Cc2ccccc2)c1. The molecule has 0 spiro atoms. The summed E-state index contributed by atoms with van der Waals surface area (Å²) in [5, 5.41) is 20.4. The molecule has 2 aromatic rings. The maximum atomic E-state index is 11.7. The second kappa shape index (κ2) is 9.08. The van der Waals surface area contributed by atoms with Gasteiger partial charge in [0.05, 0.1) is 18.8 Å². The maximum Gasteiger partial charge on any atom is 0.331 e. The molecular formula is C19H18N4O3. The minimum absolute atomic E-state index is 0.0741. The monoisotopic (exact) mass is 350 g/mol. The number of nitrogens with one attached hydrogen (secondary N) is 1. The number of aromatic nitrogens is 2. The third-order valence-electron chi connectivity index (χ3n) is 3.49. The number of rotatable bonds is 8. The molecule has 2 rings (SSSR count). The quantitative estimate of drug-likeness (QED) is 0.446. The summed E-state index contributed by atoms with van der Waals surface area (Å²) in [6, 6.07) is 11.6. The lowest BCUT2D eigenvalue weighted by molar-refractivity contribution is -0.143. The normalized spacial score (nSPS) is 11.7. The Kier molecular flexibility index (Phi) is 6.57. The lowest BCUT2D eigenvalue weighted by Crippen LogP contribution is -2.25. The topological polar surface area (TPSA) is 109 Å². The van der Waals surface area contributed by atoms with Gasteiger partial charge < -0.3 is 10.1 Å². The minimum atomic E-state index is -1.18. The number of Topliss-reactive ketones (excluding diaryl/α,β-unsaturated/α-hetero) is 1. The third-order valence-corrected chi connectivity index (χ3v) is 3.49. The molecule has 1 unspecified atom stereocenters. The molecule has 26 heavy (non-hydrogen) atoms. The van der Waals surface area contributed by atoms with E-state index in [4.69, 9.17) is 15.4 Å². The van der Waals surface area contributed by atoms with Gasteiger partial charge in [0.25, 0.3) is 0 Å². The molecule has 0 aliphatic rings. The van der Waals surface area contributed by atoms with E-state index in [-0.39, 0.29) is 5.71 Å². The van der Waals surface area contributed by atoms with Crippen LogP contribution in [0.4, 0.5) is 0 Å². The van der Waals surface area contributed by atoms with Crippen LogP contribution in [0.1, 0.15) is 18.1 Å². The second-order valence-electron chi connectivity index (χ2n) is 5.61. The Morgan fingerprint density at radius 1 is 1.38 bits per heavy atom. The number of carbonyl (C=O) groups excluding carboxylic acids is 2. The van der Waals surface area contributed by atoms with Crippen molar-refractivity contribution in [1.82, 2.24) is 9.78 Å². The van der Waals surface area contributed by atoms with Crippen molar-refractivity contribution >= 4 is 23.5 Å². The number of ketones is 1. The lowest BCUT2D eigenvalue weighted by Gasteiger charge is -2.05. The van der Waals surface area contributed by atoms with E-state index < -0.39 is 24.3 Å². The number of ether oxygens (including phenoxy) is 1. The van der Waals surface area contributed by atoms with Crippen LogP contribution in [-0.2, 0) is 20.9 Å². The van der Waals surface area contributed by atoms with Gasteiger partial charge in [-0.15, -0.1) is 0 Å². The first kappa shape index (κ1) is 18.8. The molecule has 7 nitrogen and oxygen atoms in total. The van der Waals surface area contributed by atoms with Gasteiger partial charge in [0, 0.05) is 23.5 Å². The fraction of sp³-hybridized carbons (Fsp3) is 0.211. The van der Waals surface area contributed by atoms with Crippen molar-refractivity contribution in [2.24, 2.45) is 5.92 Å². The van der Waals surface area contributed by atoms with Gasteiger partial charge in [-0.3, -0.25) is 9.48 Å². The van der Waals surface area contributed by atoms with Crippen LogP contribution in [0.15, 0.2) is 48.8 Å². The van der Waals surface area contributed by atoms with Crippen molar-refractivity contribution in [3.8, 4) is 6.07 Å². The average Bonchev–Trinajstić information content (AvgIpc) is 3.06. The molecule has 0 radical (unpaired) electrons. The molecule has 1 heterocycles. The fourth-order valence-corrected chi connectivity index (χ4v) is 2.17. The molecule has 0 amide bonds. The van der Waals surface area contributed by atoms with Crippen LogP contribution in [0.2, 0.25) is 0 Å². The molecule has 0 saturated heterocycles. The molecular weight excluding hydrogens is 332 g/mol. The van der Waals surface area contributed by atoms with Crippen LogP contribution in [0.3, 0.4) is 0 Å². The summed E-state index contributed by atoms with van der Waals surface area (Å²) in [6.07, 6.45) is 6.12. The Morgan fingerprint density at radius 3 is 2.77 bits per heavy atom. The van der Waals surface area contributed by atoms with Crippen LogP contribution in [0.5, 0.6) is 0 Å². The molecule has 0 fully saturated rings. The fourth-order valence-electron chi connectivity index (χ4n) is 2.17. The number of nitriles is 1. The molecule has 1 aromatic carbocycles. The molecule has 7 heteroatoms. The summed E-state index contributed by atoms with van der Waals surface area (Å²) in [7, 11) is 0. The number of carbonyl (C=O) groups is 2. The Hall–Kier alpha value is -3.53. The van der Waals surface area contributed by atoms with Crippen molar-refractivity contribution in [2.45, 2.75) is 13.5 Å². The van der Waals surface area contributed by atoms with Crippen LogP contribution in [0, 0.1) is 22.7 Å². The van der Waals surface area contributed by atoms with Gasteiger partial charge >= 0.3 is 5.97 Å². The van der Waals surface area contributed by atoms with E-state index in [2.05, 4.69) is 5.10 Å². The predicted molar refractivity (Wildman–Crippen MR) is 95.3 cm³/mol. The summed E-state index contributed by atoms with van der Waals surface area (Å²) >= 11 is 0. The van der Waals surface area contributed by atoms with Crippen molar-refractivity contribution in [3.05, 3.63) is 59.9 Å². The molecule has 0 saturated carbocycles. The van der Waals surface area contributed by atoms with Gasteiger partial charge in [-0.1, -0.05) is 30.3 Å². The Labute approximate surface area is 151 Å². The summed E-state index contributed by atoms with van der Waals surface area (Å²) in [6.45, 7) is 1.44. The van der Waals surface area contributed by atoms with Gasteiger partial charge in [-0.25, -0.2) is 4.79 Å². The molecule has 1 aromatic heterocycles. The van der Waals surface area contributed by atoms with E-state index in [0.29, 0.717) is 6.54 Å². The highest BCUT2D eigenvalue weighted by Crippen LogP contribution is 2.06. The number of benzene rings is 1. The summed E-state index contributed by atoms with van der Waals surface area (Å²) in [5.74, 6) is -2.49. The van der Waals surface area contributed by atoms with Gasteiger partial charge in [0.2, 0.25) is 0 Å².